The van der Waals surface area contributed by atoms with Crippen LogP contribution in [0.2, 0.25) is 0 Å². The van der Waals surface area contributed by atoms with Crippen molar-refractivity contribution in [2.75, 3.05) is 0 Å². The van der Waals surface area contributed by atoms with Crippen LogP contribution >= 0.6 is 0 Å². The Morgan fingerprint density at radius 2 is 1.69 bits per heavy atom. The lowest BCUT2D eigenvalue weighted by Crippen LogP contribution is -2.09. The van der Waals surface area contributed by atoms with Crippen LogP contribution in [0.15, 0.2) is 12.3 Å². The molecule has 0 N–H and O–H groups in total. The molecule has 0 amide bonds. The van der Waals surface area contributed by atoms with Gasteiger partial charge in [-0.3, -0.25) is 4.98 Å². The largest absolute Gasteiger partial charge is 0.433 e. The number of hydrogen-bond acceptors (Lipinski definition) is 1. The number of hydrogen-bond donors (Lipinski definition) is 0. The molecule has 0 atom stereocenters. The first kappa shape index (κ1) is 14.9. The van der Waals surface area contributed by atoms with Crippen molar-refractivity contribution in [1.82, 2.24) is 4.98 Å². The van der Waals surface area contributed by atoms with Crippen LogP contribution in [-0.2, 0) is 6.18 Å². The zero-order chi connectivity index (χ0) is 12.9. The zero-order valence-electron chi connectivity index (χ0n) is 10.3. The number of halogens is 3. The Labute approximate surface area is 94.7 Å². The second kappa shape index (κ2) is 5.87. The Morgan fingerprint density at radius 3 is 2.00 bits per heavy atom. The molecule has 1 aromatic rings. The summed E-state index contributed by atoms with van der Waals surface area (Å²) in [4.78, 5) is 3.41. The third-order valence-corrected chi connectivity index (χ3v) is 2.06. The molecule has 1 rings (SSSR count). The molecule has 0 radical (unpaired) electrons. The minimum atomic E-state index is -4.35. The molecule has 0 fully saturated rings. The number of pyridine rings is 1. The SMILES string of the molecule is CC.Cc1cc(C(F)(F)F)ncc1C(C)C. The number of nitrogens with zero attached hydrogens (tertiary/aromatic N) is 1. The van der Waals surface area contributed by atoms with Crippen LogP contribution in [0.5, 0.6) is 0 Å². The van der Waals surface area contributed by atoms with Gasteiger partial charge in [0, 0.05) is 6.20 Å². The number of aryl methyl sites for hydroxylation is 1. The molecular formula is C12H18F3N. The molecule has 0 spiro atoms. The average molecular weight is 233 g/mol. The summed E-state index contributed by atoms with van der Waals surface area (Å²) in [7, 11) is 0. The van der Waals surface area contributed by atoms with Crippen molar-refractivity contribution in [2.24, 2.45) is 0 Å². The van der Waals surface area contributed by atoms with Crippen LogP contribution in [0.4, 0.5) is 13.2 Å². The van der Waals surface area contributed by atoms with E-state index in [0.29, 0.717) is 5.56 Å². The van der Waals surface area contributed by atoms with Crippen LogP contribution in [0.25, 0.3) is 0 Å². The molecule has 4 heteroatoms. The Bertz CT molecular complexity index is 330. The number of aromatic nitrogens is 1. The van der Waals surface area contributed by atoms with Crippen LogP contribution < -0.4 is 0 Å². The first-order chi connectivity index (χ1) is 7.32. The van der Waals surface area contributed by atoms with Crippen molar-refractivity contribution in [2.45, 2.75) is 46.7 Å². The molecule has 1 nitrogen and oxygen atoms in total. The van der Waals surface area contributed by atoms with Crippen molar-refractivity contribution < 1.29 is 13.2 Å². The van der Waals surface area contributed by atoms with Gasteiger partial charge < -0.3 is 0 Å². The smallest absolute Gasteiger partial charge is 0.251 e. The van der Waals surface area contributed by atoms with E-state index in [1.54, 1.807) is 6.92 Å². The monoisotopic (exact) mass is 233 g/mol. The Balaban J connectivity index is 0.00000106. The highest BCUT2D eigenvalue weighted by atomic mass is 19.4. The van der Waals surface area contributed by atoms with Gasteiger partial charge in [0.1, 0.15) is 5.69 Å². The van der Waals surface area contributed by atoms with Gasteiger partial charge >= 0.3 is 6.18 Å². The highest BCUT2D eigenvalue weighted by Crippen LogP contribution is 2.29. The molecule has 0 saturated heterocycles. The maximum atomic E-state index is 12.2. The third-order valence-electron chi connectivity index (χ3n) is 2.06. The molecule has 0 saturated carbocycles. The summed E-state index contributed by atoms with van der Waals surface area (Å²) >= 11 is 0. The van der Waals surface area contributed by atoms with E-state index in [4.69, 9.17) is 0 Å². The summed E-state index contributed by atoms with van der Waals surface area (Å²) in [5, 5.41) is 0. The van der Waals surface area contributed by atoms with E-state index in [-0.39, 0.29) is 5.92 Å². The van der Waals surface area contributed by atoms with Gasteiger partial charge in [0.15, 0.2) is 0 Å². The molecule has 1 aromatic heterocycles. The predicted molar refractivity (Wildman–Crippen MR) is 59.4 cm³/mol. The Kier molecular flexibility index (Phi) is 5.48. The van der Waals surface area contributed by atoms with Crippen molar-refractivity contribution in [3.63, 3.8) is 0 Å². The zero-order valence-corrected chi connectivity index (χ0v) is 10.3. The topological polar surface area (TPSA) is 12.9 Å². The van der Waals surface area contributed by atoms with Crippen LogP contribution in [0.1, 0.15) is 50.4 Å². The summed E-state index contributed by atoms with van der Waals surface area (Å²) in [6.45, 7) is 9.53. The minimum absolute atomic E-state index is 0.199. The van der Waals surface area contributed by atoms with E-state index >= 15 is 0 Å². The van der Waals surface area contributed by atoms with Gasteiger partial charge in [-0.15, -0.1) is 0 Å². The molecule has 0 aliphatic heterocycles. The standard InChI is InChI=1S/C10H12F3N.C2H6/c1-6(2)8-5-14-9(4-7(8)3)10(11,12)13;1-2/h4-6H,1-3H3;1-2H3. The summed E-state index contributed by atoms with van der Waals surface area (Å²) in [5.74, 6) is 0.199. The summed E-state index contributed by atoms with van der Waals surface area (Å²) in [5.41, 5.74) is 0.680. The second-order valence-electron chi connectivity index (χ2n) is 3.58. The summed E-state index contributed by atoms with van der Waals surface area (Å²) < 4.78 is 36.7. The van der Waals surface area contributed by atoms with Crippen molar-refractivity contribution in [1.29, 1.82) is 0 Å². The lowest BCUT2D eigenvalue weighted by atomic mass is 10.00. The van der Waals surface area contributed by atoms with Crippen LogP contribution in [0, 0.1) is 6.92 Å². The van der Waals surface area contributed by atoms with Gasteiger partial charge in [0.05, 0.1) is 0 Å². The predicted octanol–water partition coefficient (Wildman–Crippen LogP) is 4.56. The molecule has 0 unspecified atom stereocenters. The van der Waals surface area contributed by atoms with Gasteiger partial charge in [-0.25, -0.2) is 0 Å². The average Bonchev–Trinajstić information content (AvgIpc) is 2.18. The van der Waals surface area contributed by atoms with Crippen molar-refractivity contribution >= 4 is 0 Å². The van der Waals surface area contributed by atoms with E-state index in [9.17, 15) is 13.2 Å². The summed E-state index contributed by atoms with van der Waals surface area (Å²) in [6.07, 6.45) is -3.04. The lowest BCUT2D eigenvalue weighted by Gasteiger charge is -2.11. The molecule has 1 heterocycles. The second-order valence-corrected chi connectivity index (χ2v) is 3.58. The minimum Gasteiger partial charge on any atom is -0.251 e. The van der Waals surface area contributed by atoms with Crippen LogP contribution in [-0.4, -0.2) is 4.98 Å². The van der Waals surface area contributed by atoms with E-state index in [1.807, 2.05) is 27.7 Å². The fraction of sp³-hybridized carbons (Fsp3) is 0.583. The van der Waals surface area contributed by atoms with Gasteiger partial charge in [-0.1, -0.05) is 27.7 Å². The van der Waals surface area contributed by atoms with Crippen LogP contribution in [0.3, 0.4) is 0 Å². The van der Waals surface area contributed by atoms with E-state index in [0.717, 1.165) is 11.6 Å². The Morgan fingerprint density at radius 1 is 1.19 bits per heavy atom. The molecule has 0 aliphatic carbocycles. The van der Waals surface area contributed by atoms with Gasteiger partial charge in [-0.05, 0) is 30.0 Å². The van der Waals surface area contributed by atoms with Gasteiger partial charge in [0.25, 0.3) is 0 Å². The third kappa shape index (κ3) is 3.83. The molecule has 0 aromatic carbocycles. The Hall–Kier alpha value is -1.06. The molecule has 16 heavy (non-hydrogen) atoms. The number of alkyl halides is 3. The lowest BCUT2D eigenvalue weighted by molar-refractivity contribution is -0.141. The maximum Gasteiger partial charge on any atom is 0.433 e. The summed E-state index contributed by atoms with van der Waals surface area (Å²) in [6, 6.07) is 1.09. The van der Waals surface area contributed by atoms with E-state index < -0.39 is 11.9 Å². The molecule has 92 valence electrons. The highest BCUT2D eigenvalue weighted by Gasteiger charge is 2.32. The first-order valence-corrected chi connectivity index (χ1v) is 5.36. The fourth-order valence-corrected chi connectivity index (χ4v) is 1.33. The van der Waals surface area contributed by atoms with E-state index in [2.05, 4.69) is 4.98 Å². The molecule has 0 bridgehead atoms. The quantitative estimate of drug-likeness (QED) is 0.693. The molecule has 0 aliphatic rings. The maximum absolute atomic E-state index is 12.2. The van der Waals surface area contributed by atoms with E-state index in [1.165, 1.54) is 6.20 Å². The van der Waals surface area contributed by atoms with Gasteiger partial charge in [-0.2, -0.15) is 13.2 Å². The normalized spacial score (nSPS) is 11.1. The molecular weight excluding hydrogens is 215 g/mol. The van der Waals surface area contributed by atoms with Crippen molar-refractivity contribution in [3.8, 4) is 0 Å². The van der Waals surface area contributed by atoms with Gasteiger partial charge in [0.2, 0.25) is 0 Å². The highest BCUT2D eigenvalue weighted by molar-refractivity contribution is 5.28. The van der Waals surface area contributed by atoms with Crippen molar-refractivity contribution in [3.05, 3.63) is 29.1 Å². The fourth-order valence-electron chi connectivity index (χ4n) is 1.33. The first-order valence-electron chi connectivity index (χ1n) is 5.36. The number of rotatable bonds is 1.